The summed E-state index contributed by atoms with van der Waals surface area (Å²) in [5.74, 6) is 0. The van der Waals surface area contributed by atoms with Gasteiger partial charge in [-0.2, -0.15) is 0 Å². The Morgan fingerprint density at radius 1 is 1.30 bits per heavy atom. The van der Waals surface area contributed by atoms with Crippen LogP contribution in [0.15, 0.2) is 18.3 Å². The third-order valence-corrected chi connectivity index (χ3v) is 4.95. The second-order valence-corrected chi connectivity index (χ2v) is 6.11. The van der Waals surface area contributed by atoms with E-state index in [0.29, 0.717) is 6.04 Å². The molecule has 1 aromatic heterocycles. The highest BCUT2D eigenvalue weighted by Gasteiger charge is 2.28. The molecule has 1 atom stereocenters. The molecule has 4 heteroatoms. The minimum absolute atomic E-state index is 0.196. The summed E-state index contributed by atoms with van der Waals surface area (Å²) in [6.45, 7) is 2.23. The van der Waals surface area contributed by atoms with Gasteiger partial charge in [0.15, 0.2) is 0 Å². The van der Waals surface area contributed by atoms with Gasteiger partial charge in [0, 0.05) is 32.4 Å². The Balaban J connectivity index is 1.88. The first-order valence-corrected chi connectivity index (χ1v) is 7.81. The van der Waals surface area contributed by atoms with Crippen LogP contribution in [0.1, 0.15) is 37.8 Å². The number of rotatable bonds is 2. The average molecular weight is 275 g/mol. The maximum atomic E-state index is 9.67. The molecule has 0 amide bonds. The van der Waals surface area contributed by atoms with Crippen LogP contribution in [-0.4, -0.2) is 47.3 Å². The first-order chi connectivity index (χ1) is 9.79. The molecule has 2 heterocycles. The highest BCUT2D eigenvalue weighted by Crippen LogP contribution is 2.30. The molecule has 1 aliphatic carbocycles. The normalized spacial score (nSPS) is 25.3. The zero-order chi connectivity index (χ0) is 13.9. The predicted octanol–water partition coefficient (Wildman–Crippen LogP) is 2.03. The lowest BCUT2D eigenvalue weighted by molar-refractivity contribution is 0.163. The first kappa shape index (κ1) is 13.8. The van der Waals surface area contributed by atoms with Crippen LogP contribution in [0.4, 0.5) is 5.69 Å². The number of pyridine rings is 1. The van der Waals surface area contributed by atoms with Crippen LogP contribution in [-0.2, 0) is 6.54 Å². The van der Waals surface area contributed by atoms with Crippen LogP contribution in [0, 0.1) is 0 Å². The lowest BCUT2D eigenvalue weighted by atomic mass is 10.1. The zero-order valence-corrected chi connectivity index (χ0v) is 12.3. The van der Waals surface area contributed by atoms with Crippen LogP contribution in [0.2, 0.25) is 0 Å². The Kier molecular flexibility index (Phi) is 4.22. The third-order valence-electron chi connectivity index (χ3n) is 4.95. The van der Waals surface area contributed by atoms with Crippen molar-refractivity contribution >= 4 is 5.69 Å². The first-order valence-electron chi connectivity index (χ1n) is 7.81. The van der Waals surface area contributed by atoms with E-state index in [9.17, 15) is 5.11 Å². The number of aromatic nitrogens is 1. The largest absolute Gasteiger partial charge is 0.394 e. The summed E-state index contributed by atoms with van der Waals surface area (Å²) >= 11 is 0. The summed E-state index contributed by atoms with van der Waals surface area (Å²) in [6, 6.07) is 5.03. The van der Waals surface area contributed by atoms with E-state index in [0.717, 1.165) is 25.2 Å². The smallest absolute Gasteiger partial charge is 0.0776 e. The van der Waals surface area contributed by atoms with Gasteiger partial charge in [-0.3, -0.25) is 9.88 Å². The maximum absolute atomic E-state index is 9.67. The second-order valence-electron chi connectivity index (χ2n) is 6.11. The van der Waals surface area contributed by atoms with Gasteiger partial charge in [0.05, 0.1) is 24.0 Å². The van der Waals surface area contributed by atoms with Crippen LogP contribution in [0.25, 0.3) is 0 Å². The van der Waals surface area contributed by atoms with Gasteiger partial charge in [-0.25, -0.2) is 0 Å². The molecule has 1 aromatic rings. The summed E-state index contributed by atoms with van der Waals surface area (Å²) in [5, 5.41) is 9.67. The average Bonchev–Trinajstić information content (AvgIpc) is 2.99. The second kappa shape index (κ2) is 6.10. The standard InChI is InChI=1S/C16H25N3O/c1-18-14(12-20)8-10-19(13-5-2-3-6-13)11-15-16(18)7-4-9-17-15/h4,7,9,13-14,20H,2-3,5-6,8,10-12H2,1H3/t14-/m0/s1. The number of hydrogen-bond donors (Lipinski definition) is 1. The molecule has 110 valence electrons. The van der Waals surface area contributed by atoms with Gasteiger partial charge in [-0.15, -0.1) is 0 Å². The van der Waals surface area contributed by atoms with Crippen molar-refractivity contribution in [3.05, 3.63) is 24.0 Å². The molecule has 1 saturated carbocycles. The van der Waals surface area contributed by atoms with Crippen molar-refractivity contribution in [1.82, 2.24) is 9.88 Å². The third kappa shape index (κ3) is 2.67. The lowest BCUT2D eigenvalue weighted by Crippen LogP contribution is -2.43. The van der Waals surface area contributed by atoms with Crippen LogP contribution in [0.5, 0.6) is 0 Å². The number of anilines is 1. The summed E-state index contributed by atoms with van der Waals surface area (Å²) in [5.41, 5.74) is 2.33. The molecular weight excluding hydrogens is 250 g/mol. The Morgan fingerprint density at radius 2 is 2.10 bits per heavy atom. The van der Waals surface area contributed by atoms with Crippen molar-refractivity contribution in [2.45, 2.75) is 50.7 Å². The quantitative estimate of drug-likeness (QED) is 0.896. The lowest BCUT2D eigenvalue weighted by Gasteiger charge is -2.37. The van der Waals surface area contributed by atoms with Crippen molar-refractivity contribution < 1.29 is 5.11 Å². The van der Waals surface area contributed by atoms with E-state index in [4.69, 9.17) is 0 Å². The van der Waals surface area contributed by atoms with E-state index in [2.05, 4.69) is 27.9 Å². The number of likely N-dealkylation sites (N-methyl/N-ethyl adjacent to an activating group) is 1. The van der Waals surface area contributed by atoms with Crippen LogP contribution < -0.4 is 4.90 Å². The Bertz CT molecular complexity index is 445. The summed E-state index contributed by atoms with van der Waals surface area (Å²) < 4.78 is 0. The van der Waals surface area contributed by atoms with Gasteiger partial charge < -0.3 is 10.0 Å². The number of aliphatic hydroxyl groups is 1. The Hall–Kier alpha value is -1.13. The molecule has 0 bridgehead atoms. The summed E-state index contributed by atoms with van der Waals surface area (Å²) in [4.78, 5) is 9.39. The van der Waals surface area contributed by atoms with E-state index in [1.165, 1.54) is 31.4 Å². The van der Waals surface area contributed by atoms with Crippen molar-refractivity contribution in [1.29, 1.82) is 0 Å². The SMILES string of the molecule is CN1c2cccnc2CN(C2CCCC2)CC[C@H]1CO. The van der Waals surface area contributed by atoms with E-state index in [-0.39, 0.29) is 12.6 Å². The fourth-order valence-electron chi connectivity index (χ4n) is 3.64. The van der Waals surface area contributed by atoms with Crippen LogP contribution in [0.3, 0.4) is 0 Å². The Labute approximate surface area is 121 Å². The minimum Gasteiger partial charge on any atom is -0.394 e. The molecule has 1 N–H and O–H groups in total. The fourth-order valence-corrected chi connectivity index (χ4v) is 3.64. The van der Waals surface area contributed by atoms with E-state index < -0.39 is 0 Å². The molecular formula is C16H25N3O. The molecule has 0 unspecified atom stereocenters. The monoisotopic (exact) mass is 275 g/mol. The van der Waals surface area contributed by atoms with Gasteiger partial charge in [0.2, 0.25) is 0 Å². The van der Waals surface area contributed by atoms with E-state index >= 15 is 0 Å². The van der Waals surface area contributed by atoms with E-state index in [1.807, 2.05) is 12.3 Å². The molecule has 3 rings (SSSR count). The molecule has 2 aliphatic rings. The Morgan fingerprint density at radius 3 is 2.85 bits per heavy atom. The van der Waals surface area contributed by atoms with Crippen molar-refractivity contribution in [3.63, 3.8) is 0 Å². The molecule has 1 aliphatic heterocycles. The maximum Gasteiger partial charge on any atom is 0.0776 e. The topological polar surface area (TPSA) is 39.6 Å². The van der Waals surface area contributed by atoms with Gasteiger partial charge in [0.1, 0.15) is 0 Å². The number of fused-ring (bicyclic) bond motifs is 1. The molecule has 0 saturated heterocycles. The zero-order valence-electron chi connectivity index (χ0n) is 12.3. The van der Waals surface area contributed by atoms with Gasteiger partial charge in [-0.05, 0) is 31.4 Å². The molecule has 1 fully saturated rings. The molecule has 20 heavy (non-hydrogen) atoms. The minimum atomic E-state index is 0.196. The van der Waals surface area contributed by atoms with Crippen molar-refractivity contribution in [3.8, 4) is 0 Å². The van der Waals surface area contributed by atoms with Crippen molar-refractivity contribution in [2.24, 2.45) is 0 Å². The summed E-state index contributed by atoms with van der Waals surface area (Å²) in [7, 11) is 2.08. The van der Waals surface area contributed by atoms with E-state index in [1.54, 1.807) is 0 Å². The molecule has 0 aromatic carbocycles. The highest BCUT2D eigenvalue weighted by atomic mass is 16.3. The number of hydrogen-bond acceptors (Lipinski definition) is 4. The van der Waals surface area contributed by atoms with Gasteiger partial charge in [0.25, 0.3) is 0 Å². The van der Waals surface area contributed by atoms with Crippen LogP contribution >= 0.6 is 0 Å². The highest BCUT2D eigenvalue weighted by molar-refractivity contribution is 5.51. The summed E-state index contributed by atoms with van der Waals surface area (Å²) in [6.07, 6.45) is 8.27. The molecule has 4 nitrogen and oxygen atoms in total. The van der Waals surface area contributed by atoms with Crippen molar-refractivity contribution in [2.75, 3.05) is 25.1 Å². The number of nitrogens with zero attached hydrogens (tertiary/aromatic N) is 3. The predicted molar refractivity (Wildman–Crippen MR) is 80.8 cm³/mol. The molecule has 0 spiro atoms. The van der Waals surface area contributed by atoms with Gasteiger partial charge in [-0.1, -0.05) is 12.8 Å². The number of aliphatic hydroxyl groups excluding tert-OH is 1. The van der Waals surface area contributed by atoms with Gasteiger partial charge >= 0.3 is 0 Å². The fraction of sp³-hybridized carbons (Fsp3) is 0.688. The molecule has 0 radical (unpaired) electrons.